The van der Waals surface area contributed by atoms with Gasteiger partial charge in [0.15, 0.2) is 0 Å². The molecule has 1 heterocycles. The maximum atomic E-state index is 13.0. The first-order chi connectivity index (χ1) is 11.8. The molecule has 2 N–H and O–H groups in total. The van der Waals surface area contributed by atoms with E-state index in [1.54, 1.807) is 27.8 Å². The van der Waals surface area contributed by atoms with Crippen molar-refractivity contribution in [3.8, 4) is 0 Å². The minimum atomic E-state index is -0.711. The zero-order valence-electron chi connectivity index (χ0n) is 14.6. The van der Waals surface area contributed by atoms with Crippen LogP contribution in [0.5, 0.6) is 0 Å². The molecular weight excluding hydrogens is 325 g/mol. The lowest BCUT2D eigenvalue weighted by Crippen LogP contribution is -2.32. The first-order valence-corrected chi connectivity index (χ1v) is 7.83. The summed E-state index contributed by atoms with van der Waals surface area (Å²) in [6.07, 6.45) is 0. The van der Waals surface area contributed by atoms with Crippen LogP contribution in [-0.4, -0.2) is 28.7 Å². The summed E-state index contributed by atoms with van der Waals surface area (Å²) in [6, 6.07) is 5.37. The number of nitrogens with zero attached hydrogens (tertiary/aromatic N) is 1. The van der Waals surface area contributed by atoms with Gasteiger partial charge in [0.25, 0.3) is 17.6 Å². The molecule has 0 radical (unpaired) electrons. The van der Waals surface area contributed by atoms with Crippen LogP contribution in [0.2, 0.25) is 0 Å². The molecule has 0 saturated carbocycles. The maximum absolute atomic E-state index is 13.0. The Morgan fingerprint density at radius 2 is 1.72 bits per heavy atom. The second-order valence-corrected chi connectivity index (χ2v) is 5.64. The van der Waals surface area contributed by atoms with Crippen LogP contribution in [0, 0.1) is 19.7 Å². The topological polar surface area (TPSA) is 80.2 Å². The second-order valence-electron chi connectivity index (χ2n) is 5.64. The standard InChI is InChI=1S/C18H20FN3O3/c1-5-20-18(25)16(23)15-10(2)14(11(3)22(15)4)17(24)21-13-8-6-12(19)7-9-13/h6-9H,5H2,1-4H3,(H,20,25)(H,21,24). The molecule has 0 bridgehead atoms. The van der Waals surface area contributed by atoms with E-state index in [-0.39, 0.29) is 5.69 Å². The fourth-order valence-electron chi connectivity index (χ4n) is 2.71. The number of anilines is 1. The predicted octanol–water partition coefficient (Wildman–Crippen LogP) is 2.35. The van der Waals surface area contributed by atoms with Crippen molar-refractivity contribution in [2.75, 3.05) is 11.9 Å². The number of benzene rings is 1. The van der Waals surface area contributed by atoms with Gasteiger partial charge in [0.05, 0.1) is 11.3 Å². The van der Waals surface area contributed by atoms with Crippen LogP contribution in [0.1, 0.15) is 39.0 Å². The summed E-state index contributed by atoms with van der Waals surface area (Å²) in [7, 11) is 1.63. The van der Waals surface area contributed by atoms with E-state index in [0.717, 1.165) is 0 Å². The number of hydrogen-bond donors (Lipinski definition) is 2. The third-order valence-electron chi connectivity index (χ3n) is 4.02. The molecule has 2 amide bonds. The Morgan fingerprint density at radius 3 is 2.28 bits per heavy atom. The van der Waals surface area contributed by atoms with E-state index >= 15 is 0 Å². The highest BCUT2D eigenvalue weighted by atomic mass is 19.1. The smallest absolute Gasteiger partial charge is 0.293 e. The largest absolute Gasteiger partial charge is 0.349 e. The Bertz CT molecular complexity index is 838. The Balaban J connectivity index is 2.37. The number of ketones is 1. The van der Waals surface area contributed by atoms with E-state index in [2.05, 4.69) is 10.6 Å². The molecule has 0 unspecified atom stereocenters. The fraction of sp³-hybridized carbons (Fsp3) is 0.278. The average molecular weight is 345 g/mol. The Labute approximate surface area is 145 Å². The molecule has 132 valence electrons. The fourth-order valence-corrected chi connectivity index (χ4v) is 2.71. The van der Waals surface area contributed by atoms with Gasteiger partial charge in [-0.2, -0.15) is 0 Å². The van der Waals surface area contributed by atoms with Crippen LogP contribution in [0.25, 0.3) is 0 Å². The van der Waals surface area contributed by atoms with Crippen molar-refractivity contribution < 1.29 is 18.8 Å². The summed E-state index contributed by atoms with van der Waals surface area (Å²) in [4.78, 5) is 36.8. The van der Waals surface area contributed by atoms with Crippen LogP contribution < -0.4 is 10.6 Å². The summed E-state index contributed by atoms with van der Waals surface area (Å²) in [5.74, 6) is -2.23. The highest BCUT2D eigenvalue weighted by Gasteiger charge is 2.28. The highest BCUT2D eigenvalue weighted by Crippen LogP contribution is 2.23. The first kappa shape index (κ1) is 18.4. The van der Waals surface area contributed by atoms with Crippen molar-refractivity contribution in [3.63, 3.8) is 0 Å². The van der Waals surface area contributed by atoms with Crippen molar-refractivity contribution in [3.05, 3.63) is 52.6 Å². The summed E-state index contributed by atoms with van der Waals surface area (Å²) < 4.78 is 14.5. The molecule has 25 heavy (non-hydrogen) atoms. The van der Waals surface area contributed by atoms with E-state index in [1.165, 1.54) is 28.8 Å². The van der Waals surface area contributed by atoms with Crippen LogP contribution >= 0.6 is 0 Å². The molecule has 0 spiro atoms. The first-order valence-electron chi connectivity index (χ1n) is 7.83. The summed E-state index contributed by atoms with van der Waals surface area (Å²) in [5, 5.41) is 5.13. The number of nitrogens with one attached hydrogen (secondary N) is 2. The van der Waals surface area contributed by atoms with E-state index in [0.29, 0.717) is 29.1 Å². The SMILES string of the molecule is CCNC(=O)C(=O)c1c(C)c(C(=O)Nc2ccc(F)cc2)c(C)n1C. The molecule has 0 aliphatic rings. The number of likely N-dealkylation sites (N-methyl/N-ethyl adjacent to an activating group) is 1. The van der Waals surface area contributed by atoms with Crippen molar-refractivity contribution in [2.24, 2.45) is 7.05 Å². The molecule has 2 aromatic rings. The van der Waals surface area contributed by atoms with Crippen LogP contribution in [0.4, 0.5) is 10.1 Å². The van der Waals surface area contributed by atoms with Gasteiger partial charge in [-0.1, -0.05) is 0 Å². The summed E-state index contributed by atoms with van der Waals surface area (Å²) >= 11 is 0. The van der Waals surface area contributed by atoms with Crippen LogP contribution in [0.3, 0.4) is 0 Å². The zero-order chi connectivity index (χ0) is 18.7. The van der Waals surface area contributed by atoms with Crippen LogP contribution in [0.15, 0.2) is 24.3 Å². The van der Waals surface area contributed by atoms with Crippen LogP contribution in [-0.2, 0) is 11.8 Å². The van der Waals surface area contributed by atoms with E-state index in [9.17, 15) is 18.8 Å². The lowest BCUT2D eigenvalue weighted by Gasteiger charge is -2.06. The minimum absolute atomic E-state index is 0.174. The monoisotopic (exact) mass is 345 g/mol. The maximum Gasteiger partial charge on any atom is 0.293 e. The number of carbonyl (C=O) groups excluding carboxylic acids is 3. The van der Waals surface area contributed by atoms with Gasteiger partial charge in [-0.05, 0) is 50.6 Å². The lowest BCUT2D eigenvalue weighted by atomic mass is 10.1. The molecule has 0 atom stereocenters. The van der Waals surface area contributed by atoms with Crippen molar-refractivity contribution in [1.82, 2.24) is 9.88 Å². The summed E-state index contributed by atoms with van der Waals surface area (Å²) in [6.45, 7) is 5.38. The van der Waals surface area contributed by atoms with Gasteiger partial charge in [0.2, 0.25) is 0 Å². The number of rotatable bonds is 5. The molecular formula is C18H20FN3O3. The molecule has 2 rings (SSSR count). The quantitative estimate of drug-likeness (QED) is 0.645. The molecule has 1 aromatic heterocycles. The number of halogens is 1. The van der Waals surface area contributed by atoms with Crippen molar-refractivity contribution in [1.29, 1.82) is 0 Å². The van der Waals surface area contributed by atoms with Gasteiger partial charge in [0, 0.05) is 25.0 Å². The predicted molar refractivity (Wildman–Crippen MR) is 92.3 cm³/mol. The van der Waals surface area contributed by atoms with Gasteiger partial charge < -0.3 is 15.2 Å². The molecule has 0 fully saturated rings. The Morgan fingerprint density at radius 1 is 1.12 bits per heavy atom. The number of amides is 2. The normalized spacial score (nSPS) is 10.4. The van der Waals surface area contributed by atoms with E-state index in [4.69, 9.17) is 0 Å². The average Bonchev–Trinajstić information content (AvgIpc) is 2.79. The van der Waals surface area contributed by atoms with E-state index in [1.807, 2.05) is 0 Å². The lowest BCUT2D eigenvalue weighted by molar-refractivity contribution is -0.116. The van der Waals surface area contributed by atoms with Crippen molar-refractivity contribution in [2.45, 2.75) is 20.8 Å². The molecule has 0 aliphatic carbocycles. The summed E-state index contributed by atoms with van der Waals surface area (Å²) in [5.41, 5.74) is 1.92. The minimum Gasteiger partial charge on any atom is -0.349 e. The van der Waals surface area contributed by atoms with Gasteiger partial charge in [-0.25, -0.2) is 4.39 Å². The zero-order valence-corrected chi connectivity index (χ0v) is 14.6. The van der Waals surface area contributed by atoms with Gasteiger partial charge >= 0.3 is 0 Å². The number of Topliss-reactive ketones (excluding diaryl/α,β-unsaturated/α-hetero) is 1. The third kappa shape index (κ3) is 3.60. The second kappa shape index (κ2) is 7.29. The number of aromatic nitrogens is 1. The van der Waals surface area contributed by atoms with E-state index < -0.39 is 23.4 Å². The van der Waals surface area contributed by atoms with Gasteiger partial charge in [-0.3, -0.25) is 14.4 Å². The van der Waals surface area contributed by atoms with Gasteiger partial charge in [0.1, 0.15) is 5.82 Å². The number of carbonyl (C=O) groups is 3. The molecule has 0 saturated heterocycles. The number of hydrogen-bond acceptors (Lipinski definition) is 3. The Kier molecular flexibility index (Phi) is 5.36. The molecule has 6 nitrogen and oxygen atoms in total. The Hall–Kier alpha value is -2.96. The van der Waals surface area contributed by atoms with Gasteiger partial charge in [-0.15, -0.1) is 0 Å². The molecule has 1 aromatic carbocycles. The van der Waals surface area contributed by atoms with Crippen molar-refractivity contribution >= 4 is 23.3 Å². The highest BCUT2D eigenvalue weighted by molar-refractivity contribution is 6.43. The molecule has 7 heteroatoms. The molecule has 0 aliphatic heterocycles. The third-order valence-corrected chi connectivity index (χ3v) is 4.02.